The van der Waals surface area contributed by atoms with E-state index in [9.17, 15) is 4.79 Å². The van der Waals surface area contributed by atoms with Crippen LogP contribution in [0.15, 0.2) is 0 Å². The maximum absolute atomic E-state index is 13.1. The first-order valence-corrected chi connectivity index (χ1v) is 8.51. The zero-order chi connectivity index (χ0) is 15.2. The number of rotatable bonds is 6. The standard InChI is InChI=1S/C16H31N3O2.2ClH/c1-3-14(4-2)15(18-7-9-21-10-8-18)16(20)19-6-5-13(11-17)12-19;;/h13-15H,3-12,17H2,1-2H3;2*1H. The van der Waals surface area contributed by atoms with Gasteiger partial charge in [0, 0.05) is 26.2 Å². The summed E-state index contributed by atoms with van der Waals surface area (Å²) in [5.41, 5.74) is 5.76. The van der Waals surface area contributed by atoms with Crippen molar-refractivity contribution < 1.29 is 9.53 Å². The highest BCUT2D eigenvalue weighted by molar-refractivity contribution is 5.85. The second-order valence-corrected chi connectivity index (χ2v) is 6.34. The van der Waals surface area contributed by atoms with Crippen molar-refractivity contribution in [1.82, 2.24) is 9.80 Å². The van der Waals surface area contributed by atoms with Gasteiger partial charge in [0.25, 0.3) is 0 Å². The maximum Gasteiger partial charge on any atom is 0.240 e. The first kappa shape index (κ1) is 22.9. The molecule has 2 aliphatic heterocycles. The summed E-state index contributed by atoms with van der Waals surface area (Å²) >= 11 is 0. The highest BCUT2D eigenvalue weighted by Crippen LogP contribution is 2.25. The van der Waals surface area contributed by atoms with Crippen molar-refractivity contribution in [1.29, 1.82) is 0 Å². The maximum atomic E-state index is 13.1. The Bertz CT molecular complexity index is 337. The summed E-state index contributed by atoms with van der Waals surface area (Å²) in [6, 6.07) is 0.0282. The summed E-state index contributed by atoms with van der Waals surface area (Å²) in [6.45, 7) is 10.0. The summed E-state index contributed by atoms with van der Waals surface area (Å²) in [6.07, 6.45) is 3.16. The zero-order valence-corrected chi connectivity index (χ0v) is 16.0. The molecule has 2 rings (SSSR count). The van der Waals surface area contributed by atoms with Crippen LogP contribution in [0.4, 0.5) is 0 Å². The van der Waals surface area contributed by atoms with Gasteiger partial charge in [0.2, 0.25) is 5.91 Å². The second-order valence-electron chi connectivity index (χ2n) is 6.34. The van der Waals surface area contributed by atoms with Gasteiger partial charge in [-0.05, 0) is 24.8 Å². The number of hydrogen-bond donors (Lipinski definition) is 1. The fourth-order valence-electron chi connectivity index (χ4n) is 3.66. The first-order valence-electron chi connectivity index (χ1n) is 8.51. The van der Waals surface area contributed by atoms with Crippen LogP contribution in [-0.2, 0) is 9.53 Å². The van der Waals surface area contributed by atoms with Crippen molar-refractivity contribution in [2.75, 3.05) is 45.9 Å². The smallest absolute Gasteiger partial charge is 0.240 e. The van der Waals surface area contributed by atoms with E-state index < -0.39 is 0 Å². The van der Waals surface area contributed by atoms with Crippen molar-refractivity contribution >= 4 is 30.7 Å². The SMILES string of the molecule is CCC(CC)C(C(=O)N1CCC(CN)C1)N1CCOCC1.Cl.Cl. The number of nitrogens with zero attached hydrogens (tertiary/aromatic N) is 2. The minimum absolute atomic E-state index is 0. The molecule has 7 heteroatoms. The Morgan fingerprint density at radius 3 is 2.26 bits per heavy atom. The lowest BCUT2D eigenvalue weighted by molar-refractivity contribution is -0.140. The van der Waals surface area contributed by atoms with E-state index in [1.165, 1.54) is 0 Å². The molecule has 5 nitrogen and oxygen atoms in total. The number of nitrogens with two attached hydrogens (primary N) is 1. The fourth-order valence-corrected chi connectivity index (χ4v) is 3.66. The summed E-state index contributed by atoms with van der Waals surface area (Å²) in [5.74, 6) is 1.25. The molecule has 0 saturated carbocycles. The summed E-state index contributed by atoms with van der Waals surface area (Å²) in [5, 5.41) is 0. The third-order valence-electron chi connectivity index (χ3n) is 5.12. The van der Waals surface area contributed by atoms with Crippen LogP contribution in [0.2, 0.25) is 0 Å². The number of halogens is 2. The van der Waals surface area contributed by atoms with E-state index in [2.05, 4.69) is 23.6 Å². The van der Waals surface area contributed by atoms with Crippen LogP contribution >= 0.6 is 24.8 Å². The van der Waals surface area contributed by atoms with Gasteiger partial charge in [-0.1, -0.05) is 26.7 Å². The van der Waals surface area contributed by atoms with Gasteiger partial charge in [0.15, 0.2) is 0 Å². The number of carbonyl (C=O) groups is 1. The number of morpholine rings is 1. The summed E-state index contributed by atoms with van der Waals surface area (Å²) in [4.78, 5) is 17.5. The minimum Gasteiger partial charge on any atom is -0.379 e. The highest BCUT2D eigenvalue weighted by Gasteiger charge is 2.37. The molecular weight excluding hydrogens is 337 g/mol. The number of amides is 1. The molecule has 23 heavy (non-hydrogen) atoms. The van der Waals surface area contributed by atoms with Crippen molar-refractivity contribution in [2.24, 2.45) is 17.6 Å². The number of carbonyl (C=O) groups excluding carboxylic acids is 1. The van der Waals surface area contributed by atoms with Crippen LogP contribution in [0.5, 0.6) is 0 Å². The van der Waals surface area contributed by atoms with Gasteiger partial charge in [-0.2, -0.15) is 0 Å². The quantitative estimate of drug-likeness (QED) is 0.774. The Kier molecular flexibility index (Phi) is 11.4. The molecule has 0 aromatic rings. The lowest BCUT2D eigenvalue weighted by Gasteiger charge is -2.39. The minimum atomic E-state index is 0. The van der Waals surface area contributed by atoms with E-state index in [-0.39, 0.29) is 30.9 Å². The van der Waals surface area contributed by atoms with Crippen LogP contribution in [0.1, 0.15) is 33.1 Å². The molecule has 2 heterocycles. The molecule has 2 saturated heterocycles. The molecule has 2 atom stereocenters. The van der Waals surface area contributed by atoms with Crippen LogP contribution in [0.3, 0.4) is 0 Å². The Morgan fingerprint density at radius 2 is 1.78 bits per heavy atom. The monoisotopic (exact) mass is 369 g/mol. The van der Waals surface area contributed by atoms with Crippen LogP contribution in [0.25, 0.3) is 0 Å². The van der Waals surface area contributed by atoms with Crippen LogP contribution in [-0.4, -0.2) is 67.7 Å². The molecule has 0 aliphatic carbocycles. The van der Waals surface area contributed by atoms with E-state index in [4.69, 9.17) is 10.5 Å². The van der Waals surface area contributed by atoms with E-state index in [0.29, 0.717) is 24.3 Å². The fraction of sp³-hybridized carbons (Fsp3) is 0.938. The Morgan fingerprint density at radius 1 is 1.17 bits per heavy atom. The van der Waals surface area contributed by atoms with Crippen molar-refractivity contribution in [3.63, 3.8) is 0 Å². The average molecular weight is 370 g/mol. The van der Waals surface area contributed by atoms with Gasteiger partial charge in [-0.3, -0.25) is 9.69 Å². The van der Waals surface area contributed by atoms with E-state index in [1.54, 1.807) is 0 Å². The van der Waals surface area contributed by atoms with E-state index >= 15 is 0 Å². The molecule has 0 aromatic carbocycles. The number of hydrogen-bond acceptors (Lipinski definition) is 4. The Hall–Kier alpha value is -0.0700. The van der Waals surface area contributed by atoms with Gasteiger partial charge in [0.1, 0.15) is 0 Å². The van der Waals surface area contributed by atoms with E-state index in [0.717, 1.165) is 58.7 Å². The zero-order valence-electron chi connectivity index (χ0n) is 14.4. The molecule has 2 unspecified atom stereocenters. The molecule has 0 bridgehead atoms. The Balaban J connectivity index is 0.00000242. The predicted octanol–water partition coefficient (Wildman–Crippen LogP) is 1.77. The normalized spacial score (nSPS) is 23.3. The van der Waals surface area contributed by atoms with Gasteiger partial charge < -0.3 is 15.4 Å². The van der Waals surface area contributed by atoms with Gasteiger partial charge in [-0.25, -0.2) is 0 Å². The third kappa shape index (κ3) is 5.75. The largest absolute Gasteiger partial charge is 0.379 e. The van der Waals surface area contributed by atoms with Crippen molar-refractivity contribution in [2.45, 2.75) is 39.2 Å². The number of likely N-dealkylation sites (tertiary alicyclic amines) is 1. The lowest BCUT2D eigenvalue weighted by atomic mass is 9.91. The molecule has 2 aliphatic rings. The Labute approximate surface area is 153 Å². The van der Waals surface area contributed by atoms with Crippen LogP contribution < -0.4 is 5.73 Å². The molecule has 0 radical (unpaired) electrons. The lowest BCUT2D eigenvalue weighted by Crippen LogP contribution is -2.55. The predicted molar refractivity (Wildman–Crippen MR) is 98.5 cm³/mol. The second kappa shape index (κ2) is 11.5. The molecule has 2 fully saturated rings. The summed E-state index contributed by atoms with van der Waals surface area (Å²) < 4.78 is 5.45. The molecule has 0 aromatic heterocycles. The van der Waals surface area contributed by atoms with Crippen molar-refractivity contribution in [3.05, 3.63) is 0 Å². The van der Waals surface area contributed by atoms with Crippen molar-refractivity contribution in [3.8, 4) is 0 Å². The molecule has 1 amide bonds. The van der Waals surface area contributed by atoms with Crippen LogP contribution in [0, 0.1) is 11.8 Å². The number of ether oxygens (including phenoxy) is 1. The topological polar surface area (TPSA) is 58.8 Å². The first-order chi connectivity index (χ1) is 10.2. The molecule has 138 valence electrons. The van der Waals surface area contributed by atoms with Gasteiger partial charge in [0.05, 0.1) is 19.3 Å². The third-order valence-corrected chi connectivity index (χ3v) is 5.12. The molecule has 0 spiro atoms. The summed E-state index contributed by atoms with van der Waals surface area (Å²) in [7, 11) is 0. The average Bonchev–Trinajstić information content (AvgIpc) is 3.02. The molecule has 2 N–H and O–H groups in total. The molecular formula is C16H33Cl2N3O2. The van der Waals surface area contributed by atoms with Gasteiger partial charge in [-0.15, -0.1) is 24.8 Å². The van der Waals surface area contributed by atoms with Gasteiger partial charge >= 0.3 is 0 Å². The van der Waals surface area contributed by atoms with E-state index in [1.807, 2.05) is 0 Å². The highest BCUT2D eigenvalue weighted by atomic mass is 35.5.